The zero-order valence-electron chi connectivity index (χ0n) is 8.15. The largest absolute Gasteiger partial charge is 0.179 e. The number of para-hydroxylation sites is 1. The van der Waals surface area contributed by atoms with Crippen molar-refractivity contribution < 1.29 is 4.48 Å². The number of halogens is 1. The van der Waals surface area contributed by atoms with Crippen molar-refractivity contribution >= 4 is 23.1 Å². The van der Waals surface area contributed by atoms with Gasteiger partial charge in [-0.1, -0.05) is 40.9 Å². The first-order valence-electron chi connectivity index (χ1n) is 5.00. The van der Waals surface area contributed by atoms with Gasteiger partial charge < -0.3 is 0 Å². The summed E-state index contributed by atoms with van der Waals surface area (Å²) in [5.74, 6) is 0. The molecule has 1 aromatic carbocycles. The lowest BCUT2D eigenvalue weighted by Gasteiger charge is -1.92. The third kappa shape index (κ3) is 1.14. The minimum Gasteiger partial charge on any atom is -0.179 e. The summed E-state index contributed by atoms with van der Waals surface area (Å²) >= 11 is 0. The fraction of sp³-hybridized carbons (Fsp3) is 0.0769. The molecule has 2 heteroatoms. The van der Waals surface area contributed by atoms with Gasteiger partial charge in [-0.25, -0.2) is 0 Å². The molecule has 0 fully saturated rings. The van der Waals surface area contributed by atoms with Gasteiger partial charge in [0.1, 0.15) is 0 Å². The molecule has 0 unspecified atom stereocenters. The molecule has 15 heavy (non-hydrogen) atoms. The van der Waals surface area contributed by atoms with Crippen LogP contribution in [-0.4, -0.2) is 4.79 Å². The van der Waals surface area contributed by atoms with Gasteiger partial charge in [-0.15, -0.1) is 0 Å². The molecular weight excluding hydrogens is 189 g/mol. The minimum atomic E-state index is 0.638. The molecule has 1 aliphatic carbocycles. The lowest BCUT2D eigenvalue weighted by atomic mass is 10.1. The zero-order chi connectivity index (χ0) is 10.3. The van der Waals surface area contributed by atoms with E-state index < -0.39 is 0 Å². The average Bonchev–Trinajstić information content (AvgIpc) is 2.48. The van der Waals surface area contributed by atoms with Crippen LogP contribution in [0.15, 0.2) is 36.4 Å². The molecule has 0 aliphatic heterocycles. The summed E-state index contributed by atoms with van der Waals surface area (Å²) in [6.07, 6.45) is 8.72. The van der Waals surface area contributed by atoms with E-state index >= 15 is 0 Å². The van der Waals surface area contributed by atoms with Crippen LogP contribution in [0, 0.1) is 0 Å². The highest BCUT2D eigenvalue weighted by Crippen LogP contribution is 2.29. The molecule has 1 heterocycles. The Labute approximate surface area is 87.1 Å². The van der Waals surface area contributed by atoms with Crippen LogP contribution in [0.25, 0.3) is 23.1 Å². The molecule has 2 aromatic rings. The van der Waals surface area contributed by atoms with E-state index in [-0.39, 0.29) is 0 Å². The molecule has 0 bridgehead atoms. The van der Waals surface area contributed by atoms with Crippen molar-refractivity contribution in [2.24, 2.45) is 0 Å². The van der Waals surface area contributed by atoms with E-state index in [4.69, 9.17) is 0 Å². The van der Waals surface area contributed by atoms with Crippen molar-refractivity contribution in [2.45, 2.75) is 6.42 Å². The summed E-state index contributed by atoms with van der Waals surface area (Å²) in [6.45, 7) is 0. The molecule has 0 radical (unpaired) electrons. The smallest absolute Gasteiger partial charge is 0.0826 e. The second-order valence-corrected chi connectivity index (χ2v) is 3.64. The predicted molar refractivity (Wildman–Crippen MR) is 61.1 cm³/mol. The summed E-state index contributed by atoms with van der Waals surface area (Å²) in [6, 6.07) is 7.54. The number of nitrogens with zero attached hydrogens (tertiary/aromatic N) is 1. The monoisotopic (exact) mass is 199 g/mol. The molecule has 0 saturated heterocycles. The van der Waals surface area contributed by atoms with E-state index in [1.165, 1.54) is 0 Å². The Bertz CT molecular complexity index is 575. The number of hydrogen-bond donors (Lipinski definition) is 0. The van der Waals surface area contributed by atoms with Gasteiger partial charge in [-0.2, -0.15) is 4.79 Å². The van der Waals surface area contributed by atoms with Crippen LogP contribution in [0.2, 0.25) is 0 Å². The Morgan fingerprint density at radius 1 is 1.07 bits per heavy atom. The van der Waals surface area contributed by atoms with Crippen LogP contribution < -0.4 is 0 Å². The van der Waals surface area contributed by atoms with Gasteiger partial charge in [0, 0.05) is 10.9 Å². The predicted octanol–water partition coefficient (Wildman–Crippen LogP) is 3.80. The summed E-state index contributed by atoms with van der Waals surface area (Å²) in [5.41, 5.74) is 2.26. The van der Waals surface area contributed by atoms with Crippen LogP contribution in [0.1, 0.15) is 17.7 Å². The number of hydrogen-bond acceptors (Lipinski definition) is 0. The highest BCUT2D eigenvalue weighted by atomic mass is 19.2. The Hall–Kier alpha value is -1.83. The van der Waals surface area contributed by atoms with Crippen molar-refractivity contribution in [2.75, 3.05) is 0 Å². The van der Waals surface area contributed by atoms with Gasteiger partial charge in [0.05, 0.1) is 11.2 Å². The van der Waals surface area contributed by atoms with E-state index in [0.717, 1.165) is 22.2 Å². The maximum atomic E-state index is 13.9. The Balaban J connectivity index is 2.48. The second kappa shape index (κ2) is 3.09. The van der Waals surface area contributed by atoms with Gasteiger partial charge in [-0.3, -0.25) is 0 Å². The maximum absolute atomic E-state index is 13.9. The molecule has 0 amide bonds. The van der Waals surface area contributed by atoms with Gasteiger partial charge in [0.15, 0.2) is 0 Å². The first-order valence-corrected chi connectivity index (χ1v) is 5.00. The van der Waals surface area contributed by atoms with Crippen molar-refractivity contribution in [3.05, 3.63) is 47.7 Å². The number of rotatable bonds is 0. The lowest BCUT2D eigenvalue weighted by molar-refractivity contribution is 0.384. The number of fused-ring (bicyclic) bond motifs is 3. The van der Waals surface area contributed by atoms with Crippen molar-refractivity contribution in [3.8, 4) is 0 Å². The molecule has 0 saturated carbocycles. The number of allylic oxidation sites excluding steroid dienone is 2. The van der Waals surface area contributed by atoms with E-state index in [9.17, 15) is 4.48 Å². The molecule has 0 atom stereocenters. The van der Waals surface area contributed by atoms with E-state index in [2.05, 4.69) is 6.08 Å². The van der Waals surface area contributed by atoms with Crippen molar-refractivity contribution in [1.29, 1.82) is 0 Å². The number of aromatic nitrogens is 1. The standard InChI is InChI=1S/C13H10FN/c14-15-12-8-3-1-2-6-10(12)11-7-4-5-9-13(11)15/h2-9H,1H2. The van der Waals surface area contributed by atoms with Crippen LogP contribution in [-0.2, 0) is 0 Å². The quantitative estimate of drug-likeness (QED) is 0.608. The summed E-state index contributed by atoms with van der Waals surface area (Å²) in [5, 5.41) is 0.970. The van der Waals surface area contributed by atoms with Gasteiger partial charge in [0.25, 0.3) is 0 Å². The number of benzene rings is 1. The zero-order valence-corrected chi connectivity index (χ0v) is 8.15. The highest BCUT2D eigenvalue weighted by Gasteiger charge is 2.13. The van der Waals surface area contributed by atoms with Crippen molar-refractivity contribution in [1.82, 2.24) is 4.79 Å². The van der Waals surface area contributed by atoms with Crippen molar-refractivity contribution in [3.63, 3.8) is 0 Å². The summed E-state index contributed by atoms with van der Waals surface area (Å²) in [4.78, 5) is 0.761. The fourth-order valence-electron chi connectivity index (χ4n) is 2.02. The maximum Gasteiger partial charge on any atom is 0.0826 e. The lowest BCUT2D eigenvalue weighted by Crippen LogP contribution is -1.84. The summed E-state index contributed by atoms with van der Waals surface area (Å²) in [7, 11) is 0. The molecule has 1 aromatic heterocycles. The van der Waals surface area contributed by atoms with E-state index in [1.807, 2.05) is 36.4 Å². The molecular formula is C13H10FN. The third-order valence-corrected chi connectivity index (χ3v) is 2.73. The fourth-order valence-corrected chi connectivity index (χ4v) is 2.02. The first-order chi connectivity index (χ1) is 7.38. The van der Waals surface area contributed by atoms with Crippen LogP contribution >= 0.6 is 0 Å². The van der Waals surface area contributed by atoms with Crippen LogP contribution in [0.5, 0.6) is 0 Å². The van der Waals surface area contributed by atoms with E-state index in [1.54, 1.807) is 6.07 Å². The second-order valence-electron chi connectivity index (χ2n) is 3.64. The Morgan fingerprint density at radius 2 is 1.87 bits per heavy atom. The third-order valence-electron chi connectivity index (χ3n) is 2.73. The van der Waals surface area contributed by atoms with Crippen LogP contribution in [0.4, 0.5) is 4.48 Å². The molecule has 0 spiro atoms. The van der Waals surface area contributed by atoms with E-state index in [0.29, 0.717) is 11.2 Å². The summed E-state index contributed by atoms with van der Waals surface area (Å²) < 4.78 is 13.9. The molecule has 1 nitrogen and oxygen atoms in total. The molecule has 0 N–H and O–H groups in total. The Morgan fingerprint density at radius 3 is 2.80 bits per heavy atom. The normalized spacial score (nSPS) is 14.2. The highest BCUT2D eigenvalue weighted by molar-refractivity contribution is 5.94. The van der Waals surface area contributed by atoms with Gasteiger partial charge >= 0.3 is 0 Å². The first kappa shape index (κ1) is 8.48. The Kier molecular flexibility index (Phi) is 1.75. The van der Waals surface area contributed by atoms with Gasteiger partial charge in [0.2, 0.25) is 0 Å². The van der Waals surface area contributed by atoms with Crippen LogP contribution in [0.3, 0.4) is 0 Å². The SMILES string of the molecule is Fn1c2c(c3ccccc31)C=CCC=C2. The molecule has 1 aliphatic rings. The molecule has 74 valence electrons. The molecule has 3 rings (SSSR count). The minimum absolute atomic E-state index is 0.638. The average molecular weight is 199 g/mol. The van der Waals surface area contributed by atoms with Gasteiger partial charge in [-0.05, 0) is 18.6 Å². The topological polar surface area (TPSA) is 4.93 Å².